The molecule has 1 aromatic carbocycles. The zero-order valence-electron chi connectivity index (χ0n) is 12.0. The second-order valence-corrected chi connectivity index (χ2v) is 8.39. The second-order valence-electron chi connectivity index (χ2n) is 5.72. The standard InChI is InChI=1S/C15H17ClN2O3S/c16-13-2-1-12-3-5-18(14(12)7-13)9-15(19)17-8-11-4-6-22(20,21)10-11/h1-3,5,7,11H,4,6,8-10H2,(H,17,19)/t11-/m1/s1. The summed E-state index contributed by atoms with van der Waals surface area (Å²) in [5.74, 6) is 0.315. The van der Waals surface area contributed by atoms with E-state index >= 15 is 0 Å². The van der Waals surface area contributed by atoms with Gasteiger partial charge in [-0.05, 0) is 35.9 Å². The fourth-order valence-corrected chi connectivity index (χ4v) is 4.82. The number of aromatic nitrogens is 1. The molecule has 0 bridgehead atoms. The minimum Gasteiger partial charge on any atom is -0.354 e. The Kier molecular flexibility index (Phi) is 4.14. The normalized spacial score (nSPS) is 20.3. The maximum atomic E-state index is 12.0. The van der Waals surface area contributed by atoms with Crippen molar-refractivity contribution in [1.29, 1.82) is 0 Å². The third-order valence-electron chi connectivity index (χ3n) is 3.96. The fourth-order valence-electron chi connectivity index (χ4n) is 2.80. The summed E-state index contributed by atoms with van der Waals surface area (Å²) in [6.07, 6.45) is 2.48. The predicted molar refractivity (Wildman–Crippen MR) is 86.7 cm³/mol. The van der Waals surface area contributed by atoms with Crippen molar-refractivity contribution in [1.82, 2.24) is 9.88 Å². The molecule has 2 heterocycles. The quantitative estimate of drug-likeness (QED) is 0.923. The second kappa shape index (κ2) is 5.93. The first-order valence-electron chi connectivity index (χ1n) is 7.14. The lowest BCUT2D eigenvalue weighted by Gasteiger charge is -2.11. The van der Waals surface area contributed by atoms with Gasteiger partial charge in [0.15, 0.2) is 9.84 Å². The first kappa shape index (κ1) is 15.4. The molecule has 5 nitrogen and oxygen atoms in total. The maximum absolute atomic E-state index is 12.0. The summed E-state index contributed by atoms with van der Waals surface area (Å²) in [4.78, 5) is 12.0. The molecule has 0 saturated carbocycles. The SMILES string of the molecule is O=C(Cn1ccc2ccc(Cl)cc21)NC[C@H]1CCS(=O)(=O)C1. The molecule has 1 amide bonds. The van der Waals surface area contributed by atoms with E-state index in [1.807, 2.05) is 35.0 Å². The molecule has 3 rings (SSSR count). The molecule has 1 N–H and O–H groups in total. The van der Waals surface area contributed by atoms with Gasteiger partial charge in [0, 0.05) is 23.3 Å². The first-order chi connectivity index (χ1) is 10.4. The van der Waals surface area contributed by atoms with Gasteiger partial charge in [-0.15, -0.1) is 0 Å². The summed E-state index contributed by atoms with van der Waals surface area (Å²) < 4.78 is 24.6. The Hall–Kier alpha value is -1.53. The van der Waals surface area contributed by atoms with Crippen LogP contribution in [0.2, 0.25) is 5.02 Å². The number of nitrogens with one attached hydrogen (secondary N) is 1. The van der Waals surface area contributed by atoms with Crippen LogP contribution in [-0.2, 0) is 21.2 Å². The molecule has 2 aromatic rings. The molecule has 0 spiro atoms. The molecule has 0 aliphatic carbocycles. The Morgan fingerprint density at radius 1 is 1.36 bits per heavy atom. The van der Waals surface area contributed by atoms with Crippen molar-refractivity contribution in [2.75, 3.05) is 18.1 Å². The largest absolute Gasteiger partial charge is 0.354 e. The average Bonchev–Trinajstić information content (AvgIpc) is 3.00. The number of halogens is 1. The molecule has 1 aliphatic rings. The highest BCUT2D eigenvalue weighted by Crippen LogP contribution is 2.20. The van der Waals surface area contributed by atoms with Crippen LogP contribution in [0.3, 0.4) is 0 Å². The molecule has 118 valence electrons. The van der Waals surface area contributed by atoms with Gasteiger partial charge < -0.3 is 9.88 Å². The Labute approximate surface area is 134 Å². The lowest BCUT2D eigenvalue weighted by Crippen LogP contribution is -2.32. The number of benzene rings is 1. The van der Waals surface area contributed by atoms with Gasteiger partial charge in [0.05, 0.1) is 11.5 Å². The smallest absolute Gasteiger partial charge is 0.239 e. The number of hydrogen-bond donors (Lipinski definition) is 1. The van der Waals surface area contributed by atoms with Crippen LogP contribution >= 0.6 is 11.6 Å². The van der Waals surface area contributed by atoms with Crippen molar-refractivity contribution >= 4 is 38.2 Å². The van der Waals surface area contributed by atoms with Gasteiger partial charge in [-0.2, -0.15) is 0 Å². The highest BCUT2D eigenvalue weighted by Gasteiger charge is 2.27. The van der Waals surface area contributed by atoms with Gasteiger partial charge >= 0.3 is 0 Å². The third kappa shape index (κ3) is 3.44. The topological polar surface area (TPSA) is 68.2 Å². The number of hydrogen-bond acceptors (Lipinski definition) is 3. The monoisotopic (exact) mass is 340 g/mol. The molecule has 0 unspecified atom stereocenters. The molecule has 1 aliphatic heterocycles. The number of carbonyl (C=O) groups excluding carboxylic acids is 1. The van der Waals surface area contributed by atoms with Crippen LogP contribution in [0.5, 0.6) is 0 Å². The molecular formula is C15H17ClN2O3S. The van der Waals surface area contributed by atoms with E-state index in [1.165, 1.54) is 0 Å². The molecule has 1 atom stereocenters. The lowest BCUT2D eigenvalue weighted by molar-refractivity contribution is -0.121. The summed E-state index contributed by atoms with van der Waals surface area (Å²) in [7, 11) is -2.90. The van der Waals surface area contributed by atoms with Gasteiger partial charge in [-0.1, -0.05) is 17.7 Å². The summed E-state index contributed by atoms with van der Waals surface area (Å²) in [6.45, 7) is 0.612. The van der Waals surface area contributed by atoms with Crippen molar-refractivity contribution in [3.63, 3.8) is 0 Å². The van der Waals surface area contributed by atoms with Crippen molar-refractivity contribution in [2.45, 2.75) is 13.0 Å². The van der Waals surface area contributed by atoms with E-state index in [1.54, 1.807) is 0 Å². The Morgan fingerprint density at radius 3 is 2.91 bits per heavy atom. The number of rotatable bonds is 4. The van der Waals surface area contributed by atoms with E-state index in [0.717, 1.165) is 10.9 Å². The number of amides is 1. The molecule has 7 heteroatoms. The average molecular weight is 341 g/mol. The minimum absolute atomic E-state index is 0.0322. The van der Waals surface area contributed by atoms with Crippen LogP contribution in [0.1, 0.15) is 6.42 Å². The van der Waals surface area contributed by atoms with Gasteiger partial charge in [-0.3, -0.25) is 4.79 Å². The molecule has 22 heavy (non-hydrogen) atoms. The Morgan fingerprint density at radius 2 is 2.18 bits per heavy atom. The zero-order valence-corrected chi connectivity index (χ0v) is 13.5. The predicted octanol–water partition coefficient (Wildman–Crippen LogP) is 1.85. The van der Waals surface area contributed by atoms with Gasteiger partial charge in [-0.25, -0.2) is 8.42 Å². The number of carbonyl (C=O) groups is 1. The van der Waals surface area contributed by atoms with Crippen LogP contribution in [0.25, 0.3) is 10.9 Å². The summed E-state index contributed by atoms with van der Waals surface area (Å²) in [5, 5.41) is 4.48. The first-order valence-corrected chi connectivity index (χ1v) is 9.34. The molecule has 1 fully saturated rings. The van der Waals surface area contributed by atoms with Crippen molar-refractivity contribution < 1.29 is 13.2 Å². The van der Waals surface area contributed by atoms with Crippen molar-refractivity contribution in [2.24, 2.45) is 5.92 Å². The molecular weight excluding hydrogens is 324 g/mol. The minimum atomic E-state index is -2.90. The summed E-state index contributed by atoms with van der Waals surface area (Å²) in [6, 6.07) is 7.49. The summed E-state index contributed by atoms with van der Waals surface area (Å²) in [5.41, 5.74) is 0.908. The van der Waals surface area contributed by atoms with Crippen LogP contribution in [0.15, 0.2) is 30.5 Å². The van der Waals surface area contributed by atoms with Crippen LogP contribution in [-0.4, -0.2) is 36.9 Å². The maximum Gasteiger partial charge on any atom is 0.239 e. The van der Waals surface area contributed by atoms with Gasteiger partial charge in [0.25, 0.3) is 0 Å². The zero-order chi connectivity index (χ0) is 15.7. The van der Waals surface area contributed by atoms with Crippen LogP contribution < -0.4 is 5.32 Å². The number of fused-ring (bicyclic) bond motifs is 1. The third-order valence-corrected chi connectivity index (χ3v) is 6.04. The van der Waals surface area contributed by atoms with Crippen molar-refractivity contribution in [3.05, 3.63) is 35.5 Å². The van der Waals surface area contributed by atoms with E-state index in [9.17, 15) is 13.2 Å². The van der Waals surface area contributed by atoms with E-state index < -0.39 is 9.84 Å². The molecule has 1 saturated heterocycles. The van der Waals surface area contributed by atoms with Gasteiger partial charge in [0.2, 0.25) is 5.91 Å². The van der Waals surface area contributed by atoms with Crippen LogP contribution in [0, 0.1) is 5.92 Å². The van der Waals surface area contributed by atoms with E-state index in [2.05, 4.69) is 5.32 Å². The van der Waals surface area contributed by atoms with Crippen molar-refractivity contribution in [3.8, 4) is 0 Å². The Bertz CT molecular complexity index is 813. The fraction of sp³-hybridized carbons (Fsp3) is 0.400. The highest BCUT2D eigenvalue weighted by atomic mass is 35.5. The molecule has 0 radical (unpaired) electrons. The van der Waals surface area contributed by atoms with Crippen LogP contribution in [0.4, 0.5) is 0 Å². The van der Waals surface area contributed by atoms with E-state index in [0.29, 0.717) is 18.0 Å². The van der Waals surface area contributed by atoms with E-state index in [4.69, 9.17) is 11.6 Å². The lowest BCUT2D eigenvalue weighted by atomic mass is 10.1. The Balaban J connectivity index is 1.60. The van der Waals surface area contributed by atoms with Gasteiger partial charge in [0.1, 0.15) is 6.54 Å². The number of nitrogens with zero attached hydrogens (tertiary/aromatic N) is 1. The summed E-state index contributed by atoms with van der Waals surface area (Å²) >= 11 is 5.99. The molecule has 1 aromatic heterocycles. The van der Waals surface area contributed by atoms with E-state index in [-0.39, 0.29) is 29.9 Å². The highest BCUT2D eigenvalue weighted by molar-refractivity contribution is 7.91. The number of sulfone groups is 1.